The second kappa shape index (κ2) is 8.05. The van der Waals surface area contributed by atoms with Gasteiger partial charge in [-0.1, -0.05) is 0 Å². The first kappa shape index (κ1) is 20.2. The number of likely N-dealkylation sites (tertiary alicyclic amines) is 1. The first-order valence-corrected chi connectivity index (χ1v) is 8.46. The predicted octanol–water partition coefficient (Wildman–Crippen LogP) is 4.41. The monoisotopic (exact) mass is 375 g/mol. The fourth-order valence-corrected chi connectivity index (χ4v) is 2.45. The summed E-state index contributed by atoms with van der Waals surface area (Å²) in [5, 5.41) is 0. The molecule has 1 aliphatic heterocycles. The van der Waals surface area contributed by atoms with Crippen molar-refractivity contribution in [1.29, 1.82) is 0 Å². The van der Waals surface area contributed by atoms with E-state index in [1.165, 1.54) is 12.1 Å². The van der Waals surface area contributed by atoms with E-state index in [2.05, 4.69) is 4.74 Å². The Balaban J connectivity index is 1.78. The topological polar surface area (TPSA) is 48.0 Å². The Kier molecular flexibility index (Phi) is 6.26. The van der Waals surface area contributed by atoms with Gasteiger partial charge in [-0.05, 0) is 45.0 Å². The predicted molar refractivity (Wildman–Crippen MR) is 89.4 cm³/mol. The Morgan fingerprint density at radius 3 is 2.12 bits per heavy atom. The number of amides is 1. The number of nitrogens with zero attached hydrogens (tertiary/aromatic N) is 1. The van der Waals surface area contributed by atoms with E-state index in [4.69, 9.17) is 9.47 Å². The smallest absolute Gasteiger partial charge is 0.422 e. The third-order valence-corrected chi connectivity index (χ3v) is 3.62. The van der Waals surface area contributed by atoms with Crippen LogP contribution in [-0.4, -0.2) is 48.6 Å². The fraction of sp³-hybridized carbons (Fsp3) is 0.611. The van der Waals surface area contributed by atoms with E-state index in [9.17, 15) is 18.0 Å². The van der Waals surface area contributed by atoms with Crippen LogP contribution in [0.25, 0.3) is 0 Å². The van der Waals surface area contributed by atoms with Gasteiger partial charge < -0.3 is 19.1 Å². The quantitative estimate of drug-likeness (QED) is 0.782. The third kappa shape index (κ3) is 7.01. The Labute approximate surface area is 151 Å². The number of ether oxygens (including phenoxy) is 3. The van der Waals surface area contributed by atoms with Crippen molar-refractivity contribution in [2.45, 2.75) is 51.5 Å². The molecule has 1 fully saturated rings. The van der Waals surface area contributed by atoms with Crippen LogP contribution in [0.4, 0.5) is 18.0 Å². The van der Waals surface area contributed by atoms with Gasteiger partial charge in [-0.2, -0.15) is 13.2 Å². The van der Waals surface area contributed by atoms with Gasteiger partial charge in [0.15, 0.2) is 6.61 Å². The van der Waals surface area contributed by atoms with Crippen molar-refractivity contribution in [1.82, 2.24) is 4.90 Å². The van der Waals surface area contributed by atoms with Crippen LogP contribution in [-0.2, 0) is 4.74 Å². The third-order valence-electron chi connectivity index (χ3n) is 3.62. The summed E-state index contributed by atoms with van der Waals surface area (Å²) in [7, 11) is 0. The van der Waals surface area contributed by atoms with E-state index >= 15 is 0 Å². The highest BCUT2D eigenvalue weighted by Gasteiger charge is 2.29. The van der Waals surface area contributed by atoms with E-state index < -0.39 is 18.4 Å². The van der Waals surface area contributed by atoms with Gasteiger partial charge in [0.2, 0.25) is 0 Å². The average molecular weight is 375 g/mol. The van der Waals surface area contributed by atoms with Crippen molar-refractivity contribution in [2.75, 3.05) is 19.7 Å². The molecule has 1 aromatic carbocycles. The van der Waals surface area contributed by atoms with Crippen LogP contribution in [0.2, 0.25) is 0 Å². The fourth-order valence-electron chi connectivity index (χ4n) is 2.45. The van der Waals surface area contributed by atoms with Gasteiger partial charge >= 0.3 is 12.3 Å². The Morgan fingerprint density at radius 2 is 1.62 bits per heavy atom. The molecule has 1 heterocycles. The minimum Gasteiger partial charge on any atom is -0.490 e. The first-order valence-electron chi connectivity index (χ1n) is 8.46. The molecule has 146 valence electrons. The molecule has 1 amide bonds. The molecule has 1 aromatic rings. The molecule has 2 rings (SSSR count). The Hall–Kier alpha value is -2.12. The minimum atomic E-state index is -4.36. The first-order chi connectivity index (χ1) is 12.0. The molecule has 0 aliphatic carbocycles. The summed E-state index contributed by atoms with van der Waals surface area (Å²) in [6.07, 6.45) is -3.44. The SMILES string of the molecule is CC(C)(C)OC(=O)N1CCC(Oc2ccc(OCC(F)(F)F)cc2)CC1. The highest BCUT2D eigenvalue weighted by Crippen LogP contribution is 2.24. The molecular weight excluding hydrogens is 351 g/mol. The molecule has 0 N–H and O–H groups in total. The van der Waals surface area contributed by atoms with Crippen LogP contribution in [0, 0.1) is 0 Å². The number of alkyl halides is 3. The molecule has 0 unspecified atom stereocenters. The maximum Gasteiger partial charge on any atom is 0.422 e. The van der Waals surface area contributed by atoms with Gasteiger partial charge in [-0.25, -0.2) is 4.79 Å². The summed E-state index contributed by atoms with van der Waals surface area (Å²) in [6.45, 7) is 5.21. The standard InChI is InChI=1S/C18H24F3NO4/c1-17(2,3)26-16(23)22-10-8-15(9-11-22)25-14-6-4-13(5-7-14)24-12-18(19,20)21/h4-7,15H,8-12H2,1-3H3. The number of hydrogen-bond acceptors (Lipinski definition) is 4. The second-order valence-electron chi connectivity index (χ2n) is 7.16. The zero-order chi connectivity index (χ0) is 19.4. The summed E-state index contributed by atoms with van der Waals surface area (Å²) in [5.74, 6) is 0.689. The number of carbonyl (C=O) groups excluding carboxylic acids is 1. The molecule has 0 saturated carbocycles. The van der Waals surface area contributed by atoms with E-state index in [0.29, 0.717) is 31.7 Å². The Morgan fingerprint density at radius 1 is 1.08 bits per heavy atom. The van der Waals surface area contributed by atoms with Gasteiger partial charge in [0.25, 0.3) is 0 Å². The Bertz CT molecular complexity index is 588. The maximum absolute atomic E-state index is 12.1. The van der Waals surface area contributed by atoms with E-state index in [-0.39, 0.29) is 17.9 Å². The van der Waals surface area contributed by atoms with Crippen molar-refractivity contribution in [3.63, 3.8) is 0 Å². The highest BCUT2D eigenvalue weighted by molar-refractivity contribution is 5.68. The summed E-state index contributed by atoms with van der Waals surface area (Å²) in [5.41, 5.74) is -0.527. The summed E-state index contributed by atoms with van der Waals surface area (Å²) in [6, 6.07) is 6.03. The molecule has 0 bridgehead atoms. The summed E-state index contributed by atoms with van der Waals surface area (Å²) in [4.78, 5) is 13.7. The van der Waals surface area contributed by atoms with E-state index in [1.54, 1.807) is 17.0 Å². The normalized spacial score (nSPS) is 16.3. The van der Waals surface area contributed by atoms with Gasteiger partial charge in [0, 0.05) is 25.9 Å². The van der Waals surface area contributed by atoms with Gasteiger partial charge in [-0.3, -0.25) is 0 Å². The number of rotatable bonds is 4. The summed E-state index contributed by atoms with van der Waals surface area (Å²) >= 11 is 0. The number of carbonyl (C=O) groups is 1. The van der Waals surface area contributed by atoms with Gasteiger partial charge in [-0.15, -0.1) is 0 Å². The molecular formula is C18H24F3NO4. The van der Waals surface area contributed by atoms with Crippen molar-refractivity contribution in [3.8, 4) is 11.5 Å². The van der Waals surface area contributed by atoms with Crippen molar-refractivity contribution in [2.24, 2.45) is 0 Å². The molecule has 1 saturated heterocycles. The van der Waals surface area contributed by atoms with Crippen LogP contribution in [0.3, 0.4) is 0 Å². The summed E-state index contributed by atoms with van der Waals surface area (Å²) < 4.78 is 52.2. The molecule has 8 heteroatoms. The molecule has 0 aromatic heterocycles. The lowest BCUT2D eigenvalue weighted by Gasteiger charge is -2.33. The lowest BCUT2D eigenvalue weighted by molar-refractivity contribution is -0.153. The lowest BCUT2D eigenvalue weighted by atomic mass is 10.1. The highest BCUT2D eigenvalue weighted by atomic mass is 19.4. The van der Waals surface area contributed by atoms with Crippen molar-refractivity contribution < 1.29 is 32.2 Å². The van der Waals surface area contributed by atoms with Crippen LogP contribution in [0.1, 0.15) is 33.6 Å². The zero-order valence-corrected chi connectivity index (χ0v) is 15.1. The van der Waals surface area contributed by atoms with E-state index in [0.717, 1.165) is 0 Å². The zero-order valence-electron chi connectivity index (χ0n) is 15.1. The molecule has 26 heavy (non-hydrogen) atoms. The van der Waals surface area contributed by atoms with Crippen LogP contribution >= 0.6 is 0 Å². The molecule has 0 radical (unpaired) electrons. The molecule has 0 spiro atoms. The van der Waals surface area contributed by atoms with Crippen molar-refractivity contribution >= 4 is 6.09 Å². The van der Waals surface area contributed by atoms with Crippen LogP contribution in [0.5, 0.6) is 11.5 Å². The van der Waals surface area contributed by atoms with Crippen LogP contribution in [0.15, 0.2) is 24.3 Å². The number of piperidine rings is 1. The second-order valence-corrected chi connectivity index (χ2v) is 7.16. The minimum absolute atomic E-state index is 0.0596. The number of benzene rings is 1. The average Bonchev–Trinajstić information content (AvgIpc) is 2.52. The lowest BCUT2D eigenvalue weighted by Crippen LogP contribution is -2.44. The van der Waals surface area contributed by atoms with Crippen LogP contribution < -0.4 is 9.47 Å². The molecule has 0 atom stereocenters. The molecule has 5 nitrogen and oxygen atoms in total. The largest absolute Gasteiger partial charge is 0.490 e. The van der Waals surface area contributed by atoms with E-state index in [1.807, 2.05) is 20.8 Å². The van der Waals surface area contributed by atoms with Gasteiger partial charge in [0.05, 0.1) is 0 Å². The van der Waals surface area contributed by atoms with Gasteiger partial charge in [0.1, 0.15) is 23.2 Å². The molecule has 1 aliphatic rings. The maximum atomic E-state index is 12.1. The number of hydrogen-bond donors (Lipinski definition) is 0. The number of halogens is 3. The van der Waals surface area contributed by atoms with Crippen molar-refractivity contribution in [3.05, 3.63) is 24.3 Å².